The van der Waals surface area contributed by atoms with E-state index in [0.29, 0.717) is 0 Å². The molecule has 0 bridgehead atoms. The van der Waals surface area contributed by atoms with Gasteiger partial charge in [-0.25, -0.2) is 4.79 Å². The fourth-order valence-electron chi connectivity index (χ4n) is 3.04. The first-order valence-corrected chi connectivity index (χ1v) is 8.57. The number of halogens is 5. The zero-order chi connectivity index (χ0) is 20.7. The van der Waals surface area contributed by atoms with Gasteiger partial charge in [0.05, 0.1) is 6.04 Å². The normalized spacial score (nSPS) is 25.0. The number of ketones is 1. The van der Waals surface area contributed by atoms with Crippen LogP contribution in [0.3, 0.4) is 0 Å². The first-order valence-electron chi connectivity index (χ1n) is 7.81. The average Bonchev–Trinajstić information content (AvgIpc) is 2.60. The zero-order valence-corrected chi connectivity index (χ0v) is 15.3. The fourth-order valence-corrected chi connectivity index (χ4v) is 3.57. The Morgan fingerprint density at radius 2 is 1.96 bits per heavy atom. The van der Waals surface area contributed by atoms with Crippen molar-refractivity contribution in [3.8, 4) is 0 Å². The van der Waals surface area contributed by atoms with Gasteiger partial charge in [0, 0.05) is 28.0 Å². The lowest BCUT2D eigenvalue weighted by Crippen LogP contribution is -2.72. The third-order valence-corrected chi connectivity index (χ3v) is 4.89. The number of pyridine rings is 1. The summed E-state index contributed by atoms with van der Waals surface area (Å²) >= 11 is 11.9. The van der Waals surface area contributed by atoms with Gasteiger partial charge in [0.2, 0.25) is 5.72 Å². The topological polar surface area (TPSA) is 91.3 Å². The maximum atomic E-state index is 13.8. The van der Waals surface area contributed by atoms with Crippen molar-refractivity contribution in [3.63, 3.8) is 0 Å². The van der Waals surface area contributed by atoms with Crippen LogP contribution in [0.15, 0.2) is 42.7 Å². The number of aromatic nitrogens is 1. The van der Waals surface area contributed by atoms with Crippen LogP contribution < -0.4 is 10.6 Å². The van der Waals surface area contributed by atoms with E-state index < -0.39 is 35.7 Å². The van der Waals surface area contributed by atoms with E-state index in [9.17, 15) is 27.9 Å². The third-order valence-electron chi connectivity index (χ3n) is 4.33. The van der Waals surface area contributed by atoms with Crippen molar-refractivity contribution in [1.29, 1.82) is 0 Å². The quantitative estimate of drug-likeness (QED) is 0.646. The number of carbonyl (C=O) groups excluding carboxylic acids is 2. The Bertz CT molecular complexity index is 927. The van der Waals surface area contributed by atoms with Crippen LogP contribution in [-0.4, -0.2) is 33.8 Å². The van der Waals surface area contributed by atoms with Gasteiger partial charge in [-0.15, -0.1) is 0 Å². The van der Waals surface area contributed by atoms with Gasteiger partial charge in [-0.2, -0.15) is 13.2 Å². The van der Waals surface area contributed by atoms with Crippen LogP contribution in [0.25, 0.3) is 0 Å². The molecule has 0 spiro atoms. The fraction of sp³-hybridized carbons (Fsp3) is 0.235. The van der Waals surface area contributed by atoms with Gasteiger partial charge >= 0.3 is 12.2 Å². The molecule has 1 aliphatic rings. The molecule has 0 aliphatic carbocycles. The van der Waals surface area contributed by atoms with E-state index in [-0.39, 0.29) is 21.2 Å². The molecule has 3 atom stereocenters. The van der Waals surface area contributed by atoms with Gasteiger partial charge < -0.3 is 15.7 Å². The summed E-state index contributed by atoms with van der Waals surface area (Å²) in [6.07, 6.45) is -2.96. The van der Waals surface area contributed by atoms with Crippen molar-refractivity contribution in [2.24, 2.45) is 5.92 Å². The minimum absolute atomic E-state index is 0.00849. The third kappa shape index (κ3) is 3.52. The van der Waals surface area contributed by atoms with Crippen molar-refractivity contribution in [3.05, 3.63) is 63.9 Å². The van der Waals surface area contributed by atoms with E-state index in [4.69, 9.17) is 23.2 Å². The lowest BCUT2D eigenvalue weighted by Gasteiger charge is -2.45. The minimum Gasteiger partial charge on any atom is -0.363 e. The number of hydrogen-bond donors (Lipinski definition) is 3. The summed E-state index contributed by atoms with van der Waals surface area (Å²) in [6, 6.07) is 3.59. The Balaban J connectivity index is 2.20. The molecular formula is C17H12Cl2F3N3O3. The van der Waals surface area contributed by atoms with Crippen LogP contribution >= 0.6 is 23.2 Å². The van der Waals surface area contributed by atoms with Gasteiger partial charge in [-0.05, 0) is 29.8 Å². The summed E-state index contributed by atoms with van der Waals surface area (Å²) < 4.78 is 41.3. The van der Waals surface area contributed by atoms with E-state index in [0.717, 1.165) is 6.20 Å². The zero-order valence-electron chi connectivity index (χ0n) is 13.8. The number of alkyl halides is 3. The predicted molar refractivity (Wildman–Crippen MR) is 93.9 cm³/mol. The standard InChI is InChI=1S/C17H12Cl2F3N3O3/c18-9-3-4-10(11(19)6-9)13-12(14(26)8-2-1-5-23-7-8)16(28,17(20,21)22)25-15(27)24-13/h1-7,12-13,28H,(H2,24,25,27)/t12-,13-,16+/m1/s1. The number of hydrogen-bond acceptors (Lipinski definition) is 4. The number of urea groups is 1. The van der Waals surface area contributed by atoms with Gasteiger partial charge in [-0.3, -0.25) is 9.78 Å². The van der Waals surface area contributed by atoms with Gasteiger partial charge in [0.1, 0.15) is 5.92 Å². The minimum atomic E-state index is -5.36. The van der Waals surface area contributed by atoms with Crippen molar-refractivity contribution >= 4 is 35.0 Å². The summed E-state index contributed by atoms with van der Waals surface area (Å²) in [5, 5.41) is 14.2. The second-order valence-electron chi connectivity index (χ2n) is 6.09. The Kier molecular flexibility index (Phi) is 5.26. The van der Waals surface area contributed by atoms with Crippen molar-refractivity contribution in [1.82, 2.24) is 15.6 Å². The molecule has 2 heterocycles. The number of rotatable bonds is 3. The molecule has 1 aromatic carbocycles. The number of aliphatic hydroxyl groups is 1. The number of amides is 2. The first kappa shape index (κ1) is 20.4. The van der Waals surface area contributed by atoms with Crippen molar-refractivity contribution < 1.29 is 27.9 Å². The lowest BCUT2D eigenvalue weighted by atomic mass is 9.77. The molecule has 3 rings (SSSR count). The van der Waals surface area contributed by atoms with E-state index >= 15 is 0 Å². The van der Waals surface area contributed by atoms with Crippen molar-refractivity contribution in [2.45, 2.75) is 17.9 Å². The Morgan fingerprint density at radius 1 is 1.25 bits per heavy atom. The van der Waals surface area contributed by atoms with Gasteiger partial charge in [-0.1, -0.05) is 29.3 Å². The summed E-state index contributed by atoms with van der Waals surface area (Å²) in [6.45, 7) is 0. The number of Topliss-reactive ketones (excluding diaryl/α,β-unsaturated/α-hetero) is 1. The smallest absolute Gasteiger partial charge is 0.363 e. The lowest BCUT2D eigenvalue weighted by molar-refractivity contribution is -0.287. The first-order chi connectivity index (χ1) is 13.0. The summed E-state index contributed by atoms with van der Waals surface area (Å²) in [5.41, 5.74) is -4.02. The molecule has 28 heavy (non-hydrogen) atoms. The Morgan fingerprint density at radius 3 is 2.54 bits per heavy atom. The van der Waals surface area contributed by atoms with Crippen LogP contribution in [0.4, 0.5) is 18.0 Å². The molecule has 2 amide bonds. The van der Waals surface area contributed by atoms with Crippen LogP contribution in [-0.2, 0) is 0 Å². The molecule has 148 valence electrons. The van der Waals surface area contributed by atoms with E-state index in [1.165, 1.54) is 41.8 Å². The number of benzene rings is 1. The van der Waals surface area contributed by atoms with Crippen LogP contribution in [0.2, 0.25) is 10.0 Å². The molecule has 1 saturated heterocycles. The molecule has 1 aromatic heterocycles. The van der Waals surface area contributed by atoms with Crippen LogP contribution in [0.1, 0.15) is 22.0 Å². The van der Waals surface area contributed by atoms with Gasteiger partial charge in [0.25, 0.3) is 0 Å². The number of carbonyl (C=O) groups is 2. The molecule has 0 radical (unpaired) electrons. The maximum absolute atomic E-state index is 13.8. The van der Waals surface area contributed by atoms with Gasteiger partial charge in [0.15, 0.2) is 5.78 Å². The average molecular weight is 434 g/mol. The molecule has 1 fully saturated rings. The molecule has 1 aliphatic heterocycles. The maximum Gasteiger partial charge on any atom is 0.437 e. The molecule has 2 aromatic rings. The molecule has 6 nitrogen and oxygen atoms in total. The van der Waals surface area contributed by atoms with Crippen LogP contribution in [0, 0.1) is 5.92 Å². The Labute approximate surface area is 166 Å². The molecule has 0 saturated carbocycles. The SMILES string of the molecule is O=C1N[C@H](c2ccc(Cl)cc2Cl)[C@H](C(=O)c2cccnc2)[C@](O)(C(F)(F)F)N1. The number of nitrogens with one attached hydrogen (secondary N) is 2. The summed E-state index contributed by atoms with van der Waals surface area (Å²) in [4.78, 5) is 28.6. The second kappa shape index (κ2) is 7.23. The molecule has 11 heteroatoms. The summed E-state index contributed by atoms with van der Waals surface area (Å²) in [7, 11) is 0. The highest BCUT2D eigenvalue weighted by Gasteiger charge is 2.66. The van der Waals surface area contributed by atoms with Crippen LogP contribution in [0.5, 0.6) is 0 Å². The highest BCUT2D eigenvalue weighted by molar-refractivity contribution is 6.35. The summed E-state index contributed by atoms with van der Waals surface area (Å²) in [5.74, 6) is -3.27. The van der Waals surface area contributed by atoms with Crippen molar-refractivity contribution in [2.75, 3.05) is 0 Å². The molecular weight excluding hydrogens is 422 g/mol. The highest BCUT2D eigenvalue weighted by Crippen LogP contribution is 2.45. The number of nitrogens with zero attached hydrogens (tertiary/aromatic N) is 1. The largest absolute Gasteiger partial charge is 0.437 e. The van der Waals surface area contributed by atoms with E-state index in [1.54, 1.807) is 0 Å². The molecule has 0 unspecified atom stereocenters. The second-order valence-corrected chi connectivity index (χ2v) is 6.93. The Hall–Kier alpha value is -2.36. The monoisotopic (exact) mass is 433 g/mol. The predicted octanol–water partition coefficient (Wildman–Crippen LogP) is 3.49. The van der Waals surface area contributed by atoms with E-state index in [2.05, 4.69) is 10.3 Å². The molecule has 3 N–H and O–H groups in total. The highest BCUT2D eigenvalue weighted by atomic mass is 35.5. The van der Waals surface area contributed by atoms with E-state index in [1.807, 2.05) is 0 Å².